The highest BCUT2D eigenvalue weighted by molar-refractivity contribution is 9.10. The zero-order valence-electron chi connectivity index (χ0n) is 13.3. The molecule has 0 saturated heterocycles. The summed E-state index contributed by atoms with van der Waals surface area (Å²) in [7, 11) is 0. The van der Waals surface area contributed by atoms with Crippen LogP contribution in [-0.4, -0.2) is 20.0 Å². The second kappa shape index (κ2) is 4.91. The van der Waals surface area contributed by atoms with E-state index in [-0.39, 0.29) is 5.41 Å². The van der Waals surface area contributed by atoms with Crippen LogP contribution in [-0.2, 0) is 12.0 Å². The first kappa shape index (κ1) is 14.2. The lowest BCUT2D eigenvalue weighted by Crippen LogP contribution is -2.48. The van der Waals surface area contributed by atoms with Crippen molar-refractivity contribution < 1.29 is 4.42 Å². The molecule has 0 aromatic carbocycles. The van der Waals surface area contributed by atoms with E-state index in [4.69, 9.17) is 4.42 Å². The van der Waals surface area contributed by atoms with Crippen LogP contribution in [0.1, 0.15) is 56.0 Å². The lowest BCUT2D eigenvalue weighted by Gasteiger charge is -2.55. The van der Waals surface area contributed by atoms with Gasteiger partial charge in [-0.1, -0.05) is 0 Å². The van der Waals surface area contributed by atoms with Crippen molar-refractivity contribution in [3.05, 3.63) is 28.1 Å². The molecule has 4 aliphatic rings. The van der Waals surface area contributed by atoms with Crippen LogP contribution in [0.2, 0.25) is 0 Å². The zero-order valence-corrected chi connectivity index (χ0v) is 14.9. The topological polar surface area (TPSA) is 56.7 Å². The molecule has 0 amide bonds. The van der Waals surface area contributed by atoms with Crippen molar-refractivity contribution in [3.63, 3.8) is 0 Å². The first-order chi connectivity index (χ1) is 11.1. The molecule has 0 unspecified atom stereocenters. The number of nitrogens with zero attached hydrogens (tertiary/aromatic N) is 4. The van der Waals surface area contributed by atoms with Crippen LogP contribution in [0.25, 0.3) is 0 Å². The standard InChI is InChI=1S/C17H21BrN4O/c1-10-14(18)8-22(21-10)9-15-19-20-16(23-15)17-5-11-2-12(6-17)4-13(3-11)7-17/h8,11-13H,2-7,9H2,1H3. The highest BCUT2D eigenvalue weighted by Crippen LogP contribution is 2.60. The summed E-state index contributed by atoms with van der Waals surface area (Å²) < 4.78 is 8.99. The molecule has 0 spiro atoms. The van der Waals surface area contributed by atoms with E-state index in [1.807, 2.05) is 17.8 Å². The van der Waals surface area contributed by atoms with Crippen LogP contribution in [0.5, 0.6) is 0 Å². The van der Waals surface area contributed by atoms with Gasteiger partial charge in [0.15, 0.2) is 0 Å². The molecule has 0 N–H and O–H groups in total. The van der Waals surface area contributed by atoms with Crippen LogP contribution in [0, 0.1) is 24.7 Å². The molecular weight excluding hydrogens is 356 g/mol. The van der Waals surface area contributed by atoms with Gasteiger partial charge in [-0.25, -0.2) is 0 Å². The van der Waals surface area contributed by atoms with Crippen molar-refractivity contribution in [3.8, 4) is 0 Å². The summed E-state index contributed by atoms with van der Waals surface area (Å²) in [5.41, 5.74) is 1.16. The number of aromatic nitrogens is 4. The minimum Gasteiger partial charge on any atom is -0.423 e. The largest absolute Gasteiger partial charge is 0.423 e. The molecule has 0 aliphatic heterocycles. The Balaban J connectivity index is 1.41. The molecule has 2 aromatic heterocycles. The second-order valence-corrected chi connectivity index (χ2v) is 8.81. The van der Waals surface area contributed by atoms with E-state index < -0.39 is 0 Å². The summed E-state index contributed by atoms with van der Waals surface area (Å²) in [6.45, 7) is 2.53. The summed E-state index contributed by atoms with van der Waals surface area (Å²) in [4.78, 5) is 0. The molecule has 4 fully saturated rings. The average Bonchev–Trinajstić information content (AvgIpc) is 3.06. The van der Waals surface area contributed by atoms with E-state index in [1.165, 1.54) is 38.5 Å². The minimum absolute atomic E-state index is 0.181. The van der Waals surface area contributed by atoms with E-state index in [1.54, 1.807) is 0 Å². The Morgan fingerprint density at radius 1 is 1.17 bits per heavy atom. The Hall–Kier alpha value is -1.17. The lowest BCUT2D eigenvalue weighted by molar-refractivity contribution is -0.0183. The summed E-state index contributed by atoms with van der Waals surface area (Å²) >= 11 is 3.49. The molecule has 0 radical (unpaired) electrons. The molecular formula is C17H21BrN4O. The molecule has 122 valence electrons. The third-order valence-electron chi connectivity index (χ3n) is 6.14. The van der Waals surface area contributed by atoms with Gasteiger partial charge < -0.3 is 4.42 Å². The molecule has 6 heteroatoms. The minimum atomic E-state index is 0.181. The SMILES string of the molecule is Cc1nn(Cc2nnc(C34CC5CC(CC(C5)C3)C4)o2)cc1Br. The first-order valence-corrected chi connectivity index (χ1v) is 9.41. The normalized spacial score (nSPS) is 35.1. The molecule has 6 rings (SSSR count). The number of halogens is 1. The van der Waals surface area contributed by atoms with Crippen molar-refractivity contribution in [2.45, 2.75) is 57.4 Å². The second-order valence-electron chi connectivity index (χ2n) is 7.96. The van der Waals surface area contributed by atoms with Gasteiger partial charge in [0.1, 0.15) is 6.54 Å². The molecule has 5 nitrogen and oxygen atoms in total. The molecule has 23 heavy (non-hydrogen) atoms. The predicted octanol–water partition coefficient (Wildman–Crippen LogP) is 3.85. The van der Waals surface area contributed by atoms with Gasteiger partial charge in [0.25, 0.3) is 0 Å². The van der Waals surface area contributed by atoms with E-state index in [0.29, 0.717) is 12.4 Å². The monoisotopic (exact) mass is 376 g/mol. The van der Waals surface area contributed by atoms with Crippen molar-refractivity contribution in [1.82, 2.24) is 20.0 Å². The Labute approximate surface area is 144 Å². The quantitative estimate of drug-likeness (QED) is 0.815. The van der Waals surface area contributed by atoms with E-state index in [0.717, 1.165) is 33.8 Å². The summed E-state index contributed by atoms with van der Waals surface area (Å²) in [6, 6.07) is 0. The number of hydrogen-bond donors (Lipinski definition) is 0. The molecule has 0 atom stereocenters. The van der Waals surface area contributed by atoms with Gasteiger partial charge in [0, 0.05) is 11.6 Å². The highest BCUT2D eigenvalue weighted by Gasteiger charge is 2.54. The Morgan fingerprint density at radius 2 is 1.83 bits per heavy atom. The van der Waals surface area contributed by atoms with E-state index in [9.17, 15) is 0 Å². The van der Waals surface area contributed by atoms with Crippen LogP contribution in [0.4, 0.5) is 0 Å². The molecule has 4 saturated carbocycles. The van der Waals surface area contributed by atoms with Crippen LogP contribution >= 0.6 is 15.9 Å². The Bertz CT molecular complexity index is 695. The third kappa shape index (κ3) is 2.29. The fourth-order valence-corrected chi connectivity index (χ4v) is 5.93. The summed E-state index contributed by atoms with van der Waals surface area (Å²) in [6.07, 6.45) is 10.0. The first-order valence-electron chi connectivity index (χ1n) is 8.62. The van der Waals surface area contributed by atoms with Crippen molar-refractivity contribution >= 4 is 15.9 Å². The summed E-state index contributed by atoms with van der Waals surface area (Å²) in [5.74, 6) is 4.24. The van der Waals surface area contributed by atoms with Gasteiger partial charge in [0.2, 0.25) is 11.8 Å². The predicted molar refractivity (Wildman–Crippen MR) is 87.9 cm³/mol. The maximum absolute atomic E-state index is 6.12. The zero-order chi connectivity index (χ0) is 15.6. The Morgan fingerprint density at radius 3 is 2.39 bits per heavy atom. The van der Waals surface area contributed by atoms with Crippen LogP contribution < -0.4 is 0 Å². The van der Waals surface area contributed by atoms with Gasteiger partial charge in [-0.15, -0.1) is 10.2 Å². The smallest absolute Gasteiger partial charge is 0.237 e. The number of hydrogen-bond acceptors (Lipinski definition) is 4. The van der Waals surface area contributed by atoms with E-state index in [2.05, 4.69) is 31.2 Å². The lowest BCUT2D eigenvalue weighted by atomic mass is 9.49. The van der Waals surface area contributed by atoms with Gasteiger partial charge in [-0.2, -0.15) is 5.10 Å². The van der Waals surface area contributed by atoms with Gasteiger partial charge in [-0.05, 0) is 79.1 Å². The highest BCUT2D eigenvalue weighted by atomic mass is 79.9. The number of rotatable bonds is 3. The summed E-state index contributed by atoms with van der Waals surface area (Å²) in [5, 5.41) is 13.2. The van der Waals surface area contributed by atoms with Crippen molar-refractivity contribution in [2.75, 3.05) is 0 Å². The molecule has 4 bridgehead atoms. The maximum Gasteiger partial charge on any atom is 0.237 e. The van der Waals surface area contributed by atoms with Crippen LogP contribution in [0.3, 0.4) is 0 Å². The van der Waals surface area contributed by atoms with Crippen molar-refractivity contribution in [2.24, 2.45) is 17.8 Å². The van der Waals surface area contributed by atoms with Gasteiger partial charge in [-0.3, -0.25) is 4.68 Å². The fourth-order valence-electron chi connectivity index (χ4n) is 5.62. The third-order valence-corrected chi connectivity index (χ3v) is 6.92. The maximum atomic E-state index is 6.12. The fraction of sp³-hybridized carbons (Fsp3) is 0.706. The van der Waals surface area contributed by atoms with Crippen LogP contribution in [0.15, 0.2) is 15.1 Å². The van der Waals surface area contributed by atoms with Gasteiger partial charge >= 0.3 is 0 Å². The van der Waals surface area contributed by atoms with Gasteiger partial charge in [0.05, 0.1) is 10.2 Å². The molecule has 4 aliphatic carbocycles. The molecule has 2 aromatic rings. The molecule has 2 heterocycles. The van der Waals surface area contributed by atoms with Crippen molar-refractivity contribution in [1.29, 1.82) is 0 Å². The Kier molecular flexibility index (Phi) is 3.03. The average molecular weight is 377 g/mol. The number of aryl methyl sites for hydroxylation is 1. The van der Waals surface area contributed by atoms with E-state index >= 15 is 0 Å².